The first-order valence-electron chi connectivity index (χ1n) is 4.17. The van der Waals surface area contributed by atoms with E-state index in [0.29, 0.717) is 5.75 Å². The van der Waals surface area contributed by atoms with Crippen LogP contribution in [0.3, 0.4) is 0 Å². The third-order valence-corrected chi connectivity index (χ3v) is 2.59. The van der Waals surface area contributed by atoms with Crippen molar-refractivity contribution in [2.45, 2.75) is 11.4 Å². The SMILES string of the molecule is C=Cc1ccc(CI)cc1OC(C)=O. The highest BCUT2D eigenvalue weighted by molar-refractivity contribution is 14.1. The number of hydrogen-bond acceptors (Lipinski definition) is 2. The zero-order valence-corrected chi connectivity index (χ0v) is 10.1. The third kappa shape index (κ3) is 2.83. The Morgan fingerprint density at radius 1 is 1.64 bits per heavy atom. The molecule has 3 heteroatoms. The van der Waals surface area contributed by atoms with Crippen LogP contribution < -0.4 is 4.74 Å². The average molecular weight is 302 g/mol. The van der Waals surface area contributed by atoms with Gasteiger partial charge in [0.2, 0.25) is 0 Å². The molecule has 0 saturated carbocycles. The highest BCUT2D eigenvalue weighted by atomic mass is 127. The second-order valence-electron chi connectivity index (χ2n) is 2.80. The van der Waals surface area contributed by atoms with Crippen molar-refractivity contribution in [3.8, 4) is 5.75 Å². The Bertz CT molecular complexity index is 358. The van der Waals surface area contributed by atoms with E-state index in [1.54, 1.807) is 6.08 Å². The van der Waals surface area contributed by atoms with E-state index in [1.807, 2.05) is 18.2 Å². The molecule has 0 aliphatic rings. The van der Waals surface area contributed by atoms with Crippen LogP contribution in [0.5, 0.6) is 5.75 Å². The fraction of sp³-hybridized carbons (Fsp3) is 0.182. The number of benzene rings is 1. The maximum atomic E-state index is 10.8. The fourth-order valence-electron chi connectivity index (χ4n) is 1.07. The van der Waals surface area contributed by atoms with Gasteiger partial charge in [-0.05, 0) is 11.6 Å². The average Bonchev–Trinajstić information content (AvgIpc) is 2.16. The molecule has 0 bridgehead atoms. The molecule has 0 N–H and O–H groups in total. The number of carbonyl (C=O) groups excluding carboxylic acids is 1. The molecular weight excluding hydrogens is 291 g/mol. The molecule has 74 valence electrons. The summed E-state index contributed by atoms with van der Waals surface area (Å²) in [6, 6.07) is 5.76. The number of alkyl halides is 1. The molecule has 1 aromatic rings. The molecular formula is C11H11IO2. The molecule has 0 spiro atoms. The monoisotopic (exact) mass is 302 g/mol. The molecule has 0 heterocycles. The fourth-order valence-corrected chi connectivity index (χ4v) is 1.55. The van der Waals surface area contributed by atoms with E-state index < -0.39 is 0 Å². The maximum absolute atomic E-state index is 10.8. The molecule has 2 nitrogen and oxygen atoms in total. The quantitative estimate of drug-likeness (QED) is 0.371. The van der Waals surface area contributed by atoms with Crippen molar-refractivity contribution in [1.29, 1.82) is 0 Å². The Morgan fingerprint density at radius 3 is 2.86 bits per heavy atom. The van der Waals surface area contributed by atoms with Gasteiger partial charge >= 0.3 is 5.97 Å². The first kappa shape index (κ1) is 11.2. The number of esters is 1. The lowest BCUT2D eigenvalue weighted by atomic mass is 10.1. The van der Waals surface area contributed by atoms with Gasteiger partial charge in [-0.15, -0.1) is 0 Å². The molecule has 0 amide bonds. The Morgan fingerprint density at radius 2 is 2.36 bits per heavy atom. The summed E-state index contributed by atoms with van der Waals surface area (Å²) in [5.74, 6) is 0.278. The highest BCUT2D eigenvalue weighted by Gasteiger charge is 2.04. The molecule has 0 aromatic heterocycles. The van der Waals surface area contributed by atoms with Gasteiger partial charge in [0.15, 0.2) is 0 Å². The molecule has 14 heavy (non-hydrogen) atoms. The van der Waals surface area contributed by atoms with Gasteiger partial charge in [0.05, 0.1) is 0 Å². The summed E-state index contributed by atoms with van der Waals surface area (Å²) in [5.41, 5.74) is 1.97. The Kier molecular flexibility index (Phi) is 4.13. The van der Waals surface area contributed by atoms with Gasteiger partial charge in [-0.25, -0.2) is 0 Å². The van der Waals surface area contributed by atoms with Gasteiger partial charge in [-0.3, -0.25) is 4.79 Å². The Balaban J connectivity index is 3.07. The van der Waals surface area contributed by atoms with E-state index in [4.69, 9.17) is 4.74 Å². The van der Waals surface area contributed by atoms with E-state index in [0.717, 1.165) is 15.6 Å². The summed E-state index contributed by atoms with van der Waals surface area (Å²) in [5, 5.41) is 0. The minimum atomic E-state index is -0.307. The Labute approximate surface area is 97.1 Å². The van der Waals surface area contributed by atoms with Crippen molar-refractivity contribution in [2.75, 3.05) is 0 Å². The predicted octanol–water partition coefficient (Wildman–Crippen LogP) is 3.19. The van der Waals surface area contributed by atoms with E-state index in [1.165, 1.54) is 6.92 Å². The van der Waals surface area contributed by atoms with Gasteiger partial charge < -0.3 is 4.74 Å². The van der Waals surface area contributed by atoms with E-state index in [2.05, 4.69) is 29.2 Å². The van der Waals surface area contributed by atoms with Crippen LogP contribution in [0.1, 0.15) is 18.1 Å². The highest BCUT2D eigenvalue weighted by Crippen LogP contribution is 2.23. The van der Waals surface area contributed by atoms with Crippen LogP contribution in [0, 0.1) is 0 Å². The second kappa shape index (κ2) is 5.14. The van der Waals surface area contributed by atoms with Crippen LogP contribution in [0.4, 0.5) is 0 Å². The standard InChI is InChI=1S/C11H11IO2/c1-3-10-5-4-9(7-12)6-11(10)14-8(2)13/h3-6H,1,7H2,2H3. The van der Waals surface area contributed by atoms with E-state index in [9.17, 15) is 4.79 Å². The van der Waals surface area contributed by atoms with Crippen molar-refractivity contribution < 1.29 is 9.53 Å². The number of carbonyl (C=O) groups is 1. The minimum Gasteiger partial charge on any atom is -0.426 e. The molecule has 1 aromatic carbocycles. The molecule has 0 atom stereocenters. The molecule has 1 rings (SSSR count). The summed E-state index contributed by atoms with van der Waals surface area (Å²) in [6.45, 7) is 5.05. The van der Waals surface area contributed by atoms with Crippen molar-refractivity contribution in [3.05, 3.63) is 35.9 Å². The summed E-state index contributed by atoms with van der Waals surface area (Å²) >= 11 is 2.26. The lowest BCUT2D eigenvalue weighted by Crippen LogP contribution is -2.03. The summed E-state index contributed by atoms with van der Waals surface area (Å²) < 4.78 is 5.96. The van der Waals surface area contributed by atoms with Gasteiger partial charge in [-0.1, -0.05) is 47.4 Å². The largest absolute Gasteiger partial charge is 0.426 e. The van der Waals surface area contributed by atoms with Crippen molar-refractivity contribution >= 4 is 34.6 Å². The molecule has 0 saturated heterocycles. The number of rotatable bonds is 3. The van der Waals surface area contributed by atoms with Crippen molar-refractivity contribution in [1.82, 2.24) is 0 Å². The summed E-state index contributed by atoms with van der Waals surface area (Å²) in [4.78, 5) is 10.8. The van der Waals surface area contributed by atoms with Gasteiger partial charge in [-0.2, -0.15) is 0 Å². The molecule has 0 fully saturated rings. The first-order valence-corrected chi connectivity index (χ1v) is 5.69. The number of halogens is 1. The molecule has 0 radical (unpaired) electrons. The van der Waals surface area contributed by atoms with Crippen molar-refractivity contribution in [3.63, 3.8) is 0 Å². The molecule has 0 aliphatic carbocycles. The van der Waals surface area contributed by atoms with E-state index in [-0.39, 0.29) is 5.97 Å². The van der Waals surface area contributed by atoms with Crippen LogP contribution in [0.2, 0.25) is 0 Å². The summed E-state index contributed by atoms with van der Waals surface area (Å²) in [7, 11) is 0. The normalized spacial score (nSPS) is 9.57. The van der Waals surface area contributed by atoms with Crippen molar-refractivity contribution in [2.24, 2.45) is 0 Å². The van der Waals surface area contributed by atoms with Crippen LogP contribution in [0.15, 0.2) is 24.8 Å². The van der Waals surface area contributed by atoms with E-state index >= 15 is 0 Å². The van der Waals surface area contributed by atoms with Crippen LogP contribution in [-0.4, -0.2) is 5.97 Å². The maximum Gasteiger partial charge on any atom is 0.308 e. The first-order chi connectivity index (χ1) is 6.67. The van der Waals surface area contributed by atoms with Crippen LogP contribution >= 0.6 is 22.6 Å². The number of ether oxygens (including phenoxy) is 1. The van der Waals surface area contributed by atoms with Gasteiger partial charge in [0.25, 0.3) is 0 Å². The molecule has 0 unspecified atom stereocenters. The predicted molar refractivity (Wildman–Crippen MR) is 65.6 cm³/mol. The number of hydrogen-bond donors (Lipinski definition) is 0. The third-order valence-electron chi connectivity index (χ3n) is 1.71. The van der Waals surface area contributed by atoms with Gasteiger partial charge in [0.1, 0.15) is 5.75 Å². The van der Waals surface area contributed by atoms with Crippen LogP contribution in [-0.2, 0) is 9.22 Å². The lowest BCUT2D eigenvalue weighted by Gasteiger charge is -2.06. The zero-order valence-electron chi connectivity index (χ0n) is 7.92. The smallest absolute Gasteiger partial charge is 0.308 e. The lowest BCUT2D eigenvalue weighted by molar-refractivity contribution is -0.131. The summed E-state index contributed by atoms with van der Waals surface area (Å²) in [6.07, 6.45) is 1.68. The minimum absolute atomic E-state index is 0.307. The Hall–Kier alpha value is -0.840. The second-order valence-corrected chi connectivity index (χ2v) is 3.57. The zero-order chi connectivity index (χ0) is 10.6. The van der Waals surface area contributed by atoms with Crippen LogP contribution in [0.25, 0.3) is 6.08 Å². The topological polar surface area (TPSA) is 26.3 Å². The van der Waals surface area contributed by atoms with Gasteiger partial charge in [0, 0.05) is 16.9 Å². The molecule has 0 aliphatic heterocycles.